The second-order valence-electron chi connectivity index (χ2n) is 2.47. The van der Waals surface area contributed by atoms with Crippen molar-refractivity contribution in [2.24, 2.45) is 0 Å². The third kappa shape index (κ3) is 12.1. The Morgan fingerprint density at radius 2 is 1.58 bits per heavy atom. The predicted molar refractivity (Wildman–Crippen MR) is 59.6 cm³/mol. The van der Waals surface area contributed by atoms with Gasteiger partial charge in [-0.2, -0.15) is 8.42 Å². The number of carbonyl (C=O) groups is 1. The molecule has 0 heterocycles. The average molecular weight is 364 g/mol. The summed E-state index contributed by atoms with van der Waals surface area (Å²) in [6, 6.07) is 5.81. The number of para-hydroxylation sites is 1. The van der Waals surface area contributed by atoms with Gasteiger partial charge in [-0.05, 0) is 12.1 Å². The third-order valence-corrected chi connectivity index (χ3v) is 2.76. The van der Waals surface area contributed by atoms with Gasteiger partial charge in [0.1, 0.15) is 11.3 Å². The number of rotatable bonds is 2. The SMILES string of the molecule is O=C(O)c1ccccc1O.O=S(O)S(=O)(=O)O.[H-].[H-].[K+].[K+]. The molecule has 0 aromatic heterocycles. The molecule has 0 aliphatic heterocycles. The van der Waals surface area contributed by atoms with Crippen LogP contribution in [0, 0.1) is 0 Å². The van der Waals surface area contributed by atoms with Crippen LogP contribution >= 0.6 is 0 Å². The molecule has 1 unspecified atom stereocenters. The van der Waals surface area contributed by atoms with Crippen LogP contribution in [0.2, 0.25) is 0 Å². The normalized spacial score (nSPS) is 10.8. The fourth-order valence-corrected chi connectivity index (χ4v) is 0.654. The fourth-order valence-electron chi connectivity index (χ4n) is 0.654. The van der Waals surface area contributed by atoms with E-state index in [4.69, 9.17) is 19.3 Å². The Kier molecular flexibility index (Phi) is 16.7. The van der Waals surface area contributed by atoms with Gasteiger partial charge in [-0.1, -0.05) is 12.1 Å². The zero-order chi connectivity index (χ0) is 13.6. The Morgan fingerprint density at radius 3 is 1.79 bits per heavy atom. The summed E-state index contributed by atoms with van der Waals surface area (Å²) in [4.78, 5) is 10.3. The van der Waals surface area contributed by atoms with E-state index in [-0.39, 0.29) is 117 Å². The van der Waals surface area contributed by atoms with Crippen molar-refractivity contribution < 1.29 is 142 Å². The number of hydrogen-bond donors (Lipinski definition) is 4. The van der Waals surface area contributed by atoms with E-state index in [9.17, 15) is 17.4 Å². The number of aromatic carboxylic acids is 1. The summed E-state index contributed by atoms with van der Waals surface area (Å²) in [6.07, 6.45) is 0. The minimum absolute atomic E-state index is 0. The zero-order valence-electron chi connectivity index (χ0n) is 12.0. The molecule has 0 aliphatic rings. The molecule has 0 spiro atoms. The van der Waals surface area contributed by atoms with Crippen LogP contribution < -0.4 is 103 Å². The second kappa shape index (κ2) is 12.3. The average Bonchev–Trinajstić information content (AvgIpc) is 2.17. The smallest absolute Gasteiger partial charge is 1.00 e. The minimum atomic E-state index is -4.71. The second-order valence-corrected chi connectivity index (χ2v) is 5.88. The van der Waals surface area contributed by atoms with Crippen LogP contribution in [0.15, 0.2) is 24.3 Å². The maximum absolute atomic E-state index is 10.3. The molecule has 0 aliphatic carbocycles. The van der Waals surface area contributed by atoms with Crippen molar-refractivity contribution >= 4 is 25.2 Å². The molecule has 100 valence electrons. The molecular formula is C7H10K2O8S2. The first-order valence-electron chi connectivity index (χ1n) is 3.76. The van der Waals surface area contributed by atoms with E-state index in [2.05, 4.69) is 0 Å². The Labute approximate surface area is 199 Å². The first-order valence-corrected chi connectivity index (χ1v) is 6.82. The molecule has 0 fully saturated rings. The van der Waals surface area contributed by atoms with E-state index in [1.807, 2.05) is 0 Å². The van der Waals surface area contributed by atoms with Gasteiger partial charge >= 0.3 is 128 Å². The molecule has 19 heavy (non-hydrogen) atoms. The van der Waals surface area contributed by atoms with E-state index in [0.717, 1.165) is 0 Å². The van der Waals surface area contributed by atoms with E-state index in [1.54, 1.807) is 12.1 Å². The molecule has 0 amide bonds. The first-order chi connectivity index (χ1) is 7.66. The van der Waals surface area contributed by atoms with Crippen molar-refractivity contribution in [3.8, 4) is 5.75 Å². The van der Waals surface area contributed by atoms with Crippen molar-refractivity contribution in [1.29, 1.82) is 0 Å². The maximum Gasteiger partial charge on any atom is 1.00 e. The van der Waals surface area contributed by atoms with Gasteiger partial charge in [-0.3, -0.25) is 9.11 Å². The van der Waals surface area contributed by atoms with Gasteiger partial charge in [-0.15, -0.1) is 0 Å². The van der Waals surface area contributed by atoms with Gasteiger partial charge in [0.2, 0.25) is 0 Å². The number of carboxylic acid groups (broad SMARTS) is 1. The summed E-state index contributed by atoms with van der Waals surface area (Å²) >= 11 is 0. The summed E-state index contributed by atoms with van der Waals surface area (Å²) in [5.74, 6) is -1.31. The first kappa shape index (κ1) is 25.7. The standard InChI is InChI=1S/C7H6O3.2K.H2O5S2.2H/c8-6-4-2-1-3-5(6)7(9)10;;;1-6(2)7(3,4)5;;/h1-4,8H,(H,9,10);;;(H,1,2)(H,3,4,5);;/q;2*+1;;2*-1. The molecule has 0 saturated carbocycles. The number of benzene rings is 1. The molecule has 0 saturated heterocycles. The summed E-state index contributed by atoms with van der Waals surface area (Å²) in [7, 11) is -7.87. The number of aromatic hydroxyl groups is 1. The number of hydrogen-bond acceptors (Lipinski definition) is 5. The molecule has 1 atom stereocenters. The van der Waals surface area contributed by atoms with Gasteiger partial charge in [0, 0.05) is 0 Å². The number of carboxylic acids is 1. The maximum atomic E-state index is 10.3. The van der Waals surface area contributed by atoms with Crippen molar-refractivity contribution in [2.45, 2.75) is 0 Å². The molecule has 12 heteroatoms. The summed E-state index contributed by atoms with van der Waals surface area (Å²) in [6.45, 7) is 0. The van der Waals surface area contributed by atoms with Crippen LogP contribution in [-0.4, -0.2) is 37.9 Å². The van der Waals surface area contributed by atoms with Crippen molar-refractivity contribution in [3.05, 3.63) is 29.8 Å². The predicted octanol–water partition coefficient (Wildman–Crippen LogP) is -5.67. The monoisotopic (exact) mass is 364 g/mol. The van der Waals surface area contributed by atoms with Gasteiger partial charge in [0.25, 0.3) is 0 Å². The molecule has 1 rings (SSSR count). The van der Waals surface area contributed by atoms with Crippen LogP contribution in [0.5, 0.6) is 5.75 Å². The quantitative estimate of drug-likeness (QED) is 0.176. The topological polar surface area (TPSA) is 149 Å². The number of phenols is 1. The van der Waals surface area contributed by atoms with Crippen LogP contribution in [-0.2, 0) is 19.3 Å². The van der Waals surface area contributed by atoms with Crippen molar-refractivity contribution in [1.82, 2.24) is 0 Å². The van der Waals surface area contributed by atoms with E-state index < -0.39 is 25.2 Å². The third-order valence-electron chi connectivity index (χ3n) is 1.31. The molecule has 8 nitrogen and oxygen atoms in total. The van der Waals surface area contributed by atoms with Crippen LogP contribution in [0.25, 0.3) is 0 Å². The molecule has 1 aromatic carbocycles. The van der Waals surface area contributed by atoms with Crippen molar-refractivity contribution in [3.63, 3.8) is 0 Å². The fraction of sp³-hybridized carbons (Fsp3) is 0. The minimum Gasteiger partial charge on any atom is -1.00 e. The van der Waals surface area contributed by atoms with Gasteiger partial charge in [0.05, 0.1) is 0 Å². The van der Waals surface area contributed by atoms with Crippen molar-refractivity contribution in [2.75, 3.05) is 0 Å². The molecule has 0 radical (unpaired) electrons. The van der Waals surface area contributed by atoms with Crippen LogP contribution in [0.4, 0.5) is 0 Å². The van der Waals surface area contributed by atoms with Gasteiger partial charge in [-0.25, -0.2) is 9.00 Å². The van der Waals surface area contributed by atoms with Crippen LogP contribution in [0.3, 0.4) is 0 Å². The Balaban J connectivity index is -0.0000000713. The molecular weight excluding hydrogens is 354 g/mol. The van der Waals surface area contributed by atoms with Gasteiger partial charge in [0.15, 0.2) is 0 Å². The summed E-state index contributed by atoms with van der Waals surface area (Å²) in [5.41, 5.74) is -0.0671. The van der Waals surface area contributed by atoms with E-state index in [1.165, 1.54) is 12.1 Å². The molecule has 0 bridgehead atoms. The van der Waals surface area contributed by atoms with Crippen LogP contribution in [0.1, 0.15) is 13.2 Å². The van der Waals surface area contributed by atoms with E-state index in [0.29, 0.717) is 0 Å². The largest absolute Gasteiger partial charge is 1.00 e. The zero-order valence-corrected chi connectivity index (χ0v) is 17.9. The van der Waals surface area contributed by atoms with E-state index >= 15 is 0 Å². The Morgan fingerprint density at radius 1 is 1.21 bits per heavy atom. The Hall–Kier alpha value is 1.78. The van der Waals surface area contributed by atoms with Gasteiger partial charge < -0.3 is 13.1 Å². The molecule has 4 N–H and O–H groups in total. The summed E-state index contributed by atoms with van der Waals surface area (Å²) < 4.78 is 43.0. The molecule has 1 aromatic rings. The Bertz CT molecular complexity index is 539. The summed E-state index contributed by atoms with van der Waals surface area (Å²) in [5, 5.41) is 17.3.